The highest BCUT2D eigenvalue weighted by atomic mass is 16.5. The summed E-state index contributed by atoms with van der Waals surface area (Å²) < 4.78 is 6.46. The monoisotopic (exact) mass is 450 g/mol. The minimum Gasteiger partial charge on any atom is -0.457 e. The second kappa shape index (κ2) is 20.6. The molecule has 2 aromatic carbocycles. The van der Waals surface area contributed by atoms with Crippen LogP contribution in [-0.2, 0) is 12.8 Å². The van der Waals surface area contributed by atoms with Crippen molar-refractivity contribution in [2.45, 2.75) is 117 Å². The lowest BCUT2D eigenvalue weighted by atomic mass is 10.0. The fourth-order valence-electron chi connectivity index (χ4n) is 4.28. The zero-order valence-corrected chi connectivity index (χ0v) is 21.8. The van der Waals surface area contributed by atoms with Gasteiger partial charge in [0, 0.05) is 0 Å². The van der Waals surface area contributed by atoms with Crippen molar-refractivity contribution in [2.24, 2.45) is 0 Å². The molecule has 0 atom stereocenters. The van der Waals surface area contributed by atoms with Crippen LogP contribution in [-0.4, -0.2) is 0 Å². The normalized spacial score (nSPS) is 10.5. The van der Waals surface area contributed by atoms with Crippen LogP contribution < -0.4 is 4.74 Å². The fraction of sp³-hybridized carbons (Fsp3) is 0.562. The van der Waals surface area contributed by atoms with Crippen molar-refractivity contribution in [3.63, 3.8) is 0 Å². The van der Waals surface area contributed by atoms with E-state index in [4.69, 9.17) is 4.74 Å². The number of aryl methyl sites for hydroxylation is 2. The molecule has 0 bridgehead atoms. The molecule has 33 heavy (non-hydrogen) atoms. The molecule has 1 nitrogen and oxygen atoms in total. The van der Waals surface area contributed by atoms with Crippen LogP contribution in [0.25, 0.3) is 0 Å². The highest BCUT2D eigenvalue weighted by Gasteiger charge is 2.08. The first-order chi connectivity index (χ1) is 16.3. The smallest absolute Gasteiger partial charge is 0.130 e. The number of unbranched alkanes of at least 4 members (excludes halogenated alkanes) is 12. The number of hydrogen-bond acceptors (Lipinski definition) is 1. The maximum atomic E-state index is 6.46. The molecule has 0 aliphatic heterocycles. The Morgan fingerprint density at radius 3 is 1.21 bits per heavy atom. The van der Waals surface area contributed by atoms with Crippen molar-refractivity contribution in [1.29, 1.82) is 0 Å². The maximum absolute atomic E-state index is 6.46. The number of ether oxygens (including phenoxy) is 1. The van der Waals surface area contributed by atoms with E-state index in [1.165, 1.54) is 101 Å². The molecule has 2 aromatic rings. The van der Waals surface area contributed by atoms with Gasteiger partial charge >= 0.3 is 0 Å². The van der Waals surface area contributed by atoms with Gasteiger partial charge in [0.25, 0.3) is 0 Å². The Morgan fingerprint density at radius 2 is 0.818 bits per heavy atom. The van der Waals surface area contributed by atoms with Crippen molar-refractivity contribution in [3.05, 3.63) is 72.8 Å². The van der Waals surface area contributed by atoms with E-state index in [0.29, 0.717) is 0 Å². The van der Waals surface area contributed by atoms with Crippen molar-refractivity contribution in [2.75, 3.05) is 0 Å². The van der Waals surface area contributed by atoms with Gasteiger partial charge < -0.3 is 4.74 Å². The van der Waals surface area contributed by atoms with Crippen LogP contribution in [0.4, 0.5) is 0 Å². The quantitative estimate of drug-likeness (QED) is 0.162. The van der Waals surface area contributed by atoms with Crippen LogP contribution in [0.3, 0.4) is 0 Å². The van der Waals surface area contributed by atoms with Crippen LogP contribution in [0, 0.1) is 0 Å². The van der Waals surface area contributed by atoms with Crippen molar-refractivity contribution >= 4 is 0 Å². The first-order valence-electron chi connectivity index (χ1n) is 13.7. The lowest BCUT2D eigenvalue weighted by Crippen LogP contribution is -1.96. The first-order valence-corrected chi connectivity index (χ1v) is 13.7. The molecular weight excluding hydrogens is 400 g/mol. The van der Waals surface area contributed by atoms with Crippen LogP contribution in [0.15, 0.2) is 61.7 Å². The standard InChI is InChI=1S/C30H46O.C2H4/c1-3-5-7-9-11-13-15-21-27-23-17-19-25-29(27)31-30-26-20-18-24-28(30)22-16-14-12-10-8-6-4-2;1-2/h17-20,23-26H,3-16,21-22H2,1-2H3;1-2H2. The summed E-state index contributed by atoms with van der Waals surface area (Å²) in [6, 6.07) is 17.3. The molecule has 1 heteroatoms. The molecule has 0 saturated carbocycles. The molecule has 0 spiro atoms. The van der Waals surface area contributed by atoms with Gasteiger partial charge in [0.2, 0.25) is 0 Å². The minimum absolute atomic E-state index is 1.04. The molecule has 0 N–H and O–H groups in total. The number of hydrogen-bond donors (Lipinski definition) is 0. The predicted octanol–water partition coefficient (Wildman–Crippen LogP) is 10.9. The lowest BCUT2D eigenvalue weighted by molar-refractivity contribution is 0.466. The molecule has 0 heterocycles. The number of rotatable bonds is 18. The van der Waals surface area contributed by atoms with E-state index in [1.807, 2.05) is 0 Å². The molecule has 2 rings (SSSR count). The van der Waals surface area contributed by atoms with Gasteiger partial charge in [-0.2, -0.15) is 0 Å². The summed E-state index contributed by atoms with van der Waals surface area (Å²) in [5, 5.41) is 0. The molecule has 0 unspecified atom stereocenters. The third-order valence-electron chi connectivity index (χ3n) is 6.26. The fourth-order valence-corrected chi connectivity index (χ4v) is 4.28. The van der Waals surface area contributed by atoms with Crippen molar-refractivity contribution in [1.82, 2.24) is 0 Å². The molecule has 184 valence electrons. The topological polar surface area (TPSA) is 9.23 Å². The SMILES string of the molecule is C=C.CCCCCCCCCc1ccccc1Oc1ccccc1CCCCCCCCC. The highest BCUT2D eigenvalue weighted by molar-refractivity contribution is 5.41. The number of benzene rings is 2. The number of para-hydroxylation sites is 2. The van der Waals surface area contributed by atoms with Gasteiger partial charge in [-0.15, -0.1) is 13.2 Å². The van der Waals surface area contributed by atoms with Crippen LogP contribution >= 0.6 is 0 Å². The van der Waals surface area contributed by atoms with Crippen molar-refractivity contribution < 1.29 is 4.74 Å². The zero-order chi connectivity index (χ0) is 24.0. The Kier molecular flexibility index (Phi) is 18.1. The zero-order valence-electron chi connectivity index (χ0n) is 21.8. The molecular formula is C32H50O. The van der Waals surface area contributed by atoms with Crippen LogP contribution in [0.2, 0.25) is 0 Å². The first kappa shape index (κ1) is 29.0. The summed E-state index contributed by atoms with van der Waals surface area (Å²) in [5.41, 5.74) is 2.70. The Morgan fingerprint density at radius 1 is 0.485 bits per heavy atom. The molecule has 0 aliphatic carbocycles. The van der Waals surface area contributed by atoms with Crippen molar-refractivity contribution in [3.8, 4) is 11.5 Å². The van der Waals surface area contributed by atoms with Gasteiger partial charge in [0.15, 0.2) is 0 Å². The van der Waals surface area contributed by atoms with E-state index in [1.54, 1.807) is 0 Å². The van der Waals surface area contributed by atoms with Gasteiger partial charge in [-0.05, 0) is 48.9 Å². The summed E-state index contributed by atoms with van der Waals surface area (Å²) in [7, 11) is 0. The summed E-state index contributed by atoms with van der Waals surface area (Å²) in [5.74, 6) is 2.08. The van der Waals surface area contributed by atoms with Gasteiger partial charge in [-0.1, -0.05) is 127 Å². The molecule has 0 aromatic heterocycles. The highest BCUT2D eigenvalue weighted by Crippen LogP contribution is 2.30. The van der Waals surface area contributed by atoms with E-state index in [0.717, 1.165) is 24.3 Å². The minimum atomic E-state index is 1.04. The molecule has 0 saturated heterocycles. The Labute approximate surface area is 205 Å². The summed E-state index contributed by atoms with van der Waals surface area (Å²) in [4.78, 5) is 0. The van der Waals surface area contributed by atoms with Crippen LogP contribution in [0.5, 0.6) is 11.5 Å². The third-order valence-corrected chi connectivity index (χ3v) is 6.26. The van der Waals surface area contributed by atoms with E-state index in [9.17, 15) is 0 Å². The summed E-state index contributed by atoms with van der Waals surface area (Å²) in [6.45, 7) is 10.6. The maximum Gasteiger partial charge on any atom is 0.130 e. The summed E-state index contributed by atoms with van der Waals surface area (Å²) in [6.07, 6.45) is 21.1. The molecule has 0 aliphatic rings. The van der Waals surface area contributed by atoms with Gasteiger partial charge in [0.05, 0.1) is 0 Å². The van der Waals surface area contributed by atoms with E-state index >= 15 is 0 Å². The summed E-state index contributed by atoms with van der Waals surface area (Å²) >= 11 is 0. The predicted molar refractivity (Wildman–Crippen MR) is 148 cm³/mol. The lowest BCUT2D eigenvalue weighted by Gasteiger charge is -2.14. The van der Waals surface area contributed by atoms with E-state index in [-0.39, 0.29) is 0 Å². The Hall–Kier alpha value is -2.02. The Bertz CT molecular complexity index is 646. The third kappa shape index (κ3) is 13.3. The Balaban J connectivity index is 0.00000265. The average Bonchev–Trinajstić information content (AvgIpc) is 2.86. The molecule has 0 fully saturated rings. The van der Waals surface area contributed by atoms with Crippen LogP contribution in [0.1, 0.15) is 115 Å². The molecule has 0 amide bonds. The largest absolute Gasteiger partial charge is 0.457 e. The second-order valence-corrected chi connectivity index (χ2v) is 9.06. The average molecular weight is 451 g/mol. The molecule has 0 radical (unpaired) electrons. The van der Waals surface area contributed by atoms with E-state index < -0.39 is 0 Å². The second-order valence-electron chi connectivity index (χ2n) is 9.06. The van der Waals surface area contributed by atoms with Gasteiger partial charge in [-0.3, -0.25) is 0 Å². The van der Waals surface area contributed by atoms with E-state index in [2.05, 4.69) is 75.5 Å². The van der Waals surface area contributed by atoms with Gasteiger partial charge in [0.1, 0.15) is 11.5 Å². The van der Waals surface area contributed by atoms with Gasteiger partial charge in [-0.25, -0.2) is 0 Å².